The maximum atomic E-state index is 12.0. The Bertz CT molecular complexity index is 284. The van der Waals surface area contributed by atoms with E-state index in [4.69, 9.17) is 0 Å². The summed E-state index contributed by atoms with van der Waals surface area (Å²) in [6.45, 7) is 8.03. The van der Waals surface area contributed by atoms with E-state index < -0.39 is 0 Å². The summed E-state index contributed by atoms with van der Waals surface area (Å²) >= 11 is 0. The molecule has 0 radical (unpaired) electrons. The van der Waals surface area contributed by atoms with Crippen molar-refractivity contribution in [1.82, 2.24) is 10.2 Å². The Morgan fingerprint density at radius 1 is 1.47 bits per heavy atom. The van der Waals surface area contributed by atoms with E-state index in [2.05, 4.69) is 16.9 Å². The van der Waals surface area contributed by atoms with Gasteiger partial charge in [-0.05, 0) is 12.6 Å². The van der Waals surface area contributed by atoms with Crippen LogP contribution in [0.1, 0.15) is 6.42 Å². The maximum absolute atomic E-state index is 12.0. The van der Waals surface area contributed by atoms with Gasteiger partial charge >= 0.3 is 0 Å². The molecule has 0 aromatic heterocycles. The number of rotatable bonds is 2. The fourth-order valence-electron chi connectivity index (χ4n) is 1.98. The van der Waals surface area contributed by atoms with Crippen LogP contribution >= 0.6 is 0 Å². The predicted octanol–water partition coefficient (Wildman–Crippen LogP) is 0.0651. The van der Waals surface area contributed by atoms with Crippen molar-refractivity contribution in [1.29, 1.82) is 0 Å². The third-order valence-electron chi connectivity index (χ3n) is 3.02. The molecule has 0 aliphatic carbocycles. The van der Waals surface area contributed by atoms with Crippen LogP contribution in [-0.2, 0) is 4.79 Å². The highest BCUT2D eigenvalue weighted by atomic mass is 16.2. The molecule has 0 saturated carbocycles. The van der Waals surface area contributed by atoms with E-state index in [-0.39, 0.29) is 11.8 Å². The number of amides is 1. The molecule has 1 saturated heterocycles. The standard InChI is InChI=1S/C11H17N3O/c1-9(10-2-3-13-8-10)11(15)14-6-4-12-5-7-14/h3,10,12H,1-2,4-8H2. The van der Waals surface area contributed by atoms with Gasteiger partial charge in [-0.25, -0.2) is 0 Å². The molecule has 82 valence electrons. The number of nitrogens with zero attached hydrogens (tertiary/aromatic N) is 2. The van der Waals surface area contributed by atoms with Gasteiger partial charge in [0.1, 0.15) is 0 Å². The van der Waals surface area contributed by atoms with E-state index in [0.29, 0.717) is 0 Å². The molecular weight excluding hydrogens is 190 g/mol. The molecule has 4 nitrogen and oxygen atoms in total. The Morgan fingerprint density at radius 2 is 2.20 bits per heavy atom. The van der Waals surface area contributed by atoms with Crippen molar-refractivity contribution in [2.24, 2.45) is 10.9 Å². The van der Waals surface area contributed by atoms with Gasteiger partial charge in [0.05, 0.1) is 0 Å². The Balaban J connectivity index is 1.91. The first-order valence-electron chi connectivity index (χ1n) is 5.46. The molecule has 1 atom stereocenters. The molecule has 2 heterocycles. The van der Waals surface area contributed by atoms with Gasteiger partial charge in [-0.1, -0.05) is 6.58 Å². The van der Waals surface area contributed by atoms with Gasteiger partial charge in [0.25, 0.3) is 0 Å². The average molecular weight is 207 g/mol. The van der Waals surface area contributed by atoms with Crippen LogP contribution in [0, 0.1) is 5.92 Å². The summed E-state index contributed by atoms with van der Waals surface area (Å²) in [5, 5.41) is 3.23. The molecule has 1 N–H and O–H groups in total. The highest BCUT2D eigenvalue weighted by molar-refractivity contribution is 5.94. The third-order valence-corrected chi connectivity index (χ3v) is 3.02. The molecule has 1 fully saturated rings. The van der Waals surface area contributed by atoms with Gasteiger partial charge in [-0.3, -0.25) is 9.79 Å². The molecular formula is C11H17N3O. The van der Waals surface area contributed by atoms with Crippen LogP contribution in [0.4, 0.5) is 0 Å². The Hall–Kier alpha value is -1.16. The highest BCUT2D eigenvalue weighted by Crippen LogP contribution is 2.19. The molecule has 0 bridgehead atoms. The summed E-state index contributed by atoms with van der Waals surface area (Å²) in [5.74, 6) is 0.361. The van der Waals surface area contributed by atoms with E-state index in [1.807, 2.05) is 11.1 Å². The molecule has 2 aliphatic heterocycles. The van der Waals surface area contributed by atoms with Gasteiger partial charge in [0.15, 0.2) is 0 Å². The van der Waals surface area contributed by atoms with Crippen molar-refractivity contribution in [3.05, 3.63) is 12.2 Å². The zero-order chi connectivity index (χ0) is 10.7. The summed E-state index contributed by atoms with van der Waals surface area (Å²) in [6.07, 6.45) is 2.76. The van der Waals surface area contributed by atoms with Crippen molar-refractivity contribution in [2.45, 2.75) is 6.42 Å². The second kappa shape index (κ2) is 4.57. The van der Waals surface area contributed by atoms with Crippen molar-refractivity contribution < 1.29 is 4.79 Å². The van der Waals surface area contributed by atoms with E-state index >= 15 is 0 Å². The van der Waals surface area contributed by atoms with Gasteiger partial charge in [0.2, 0.25) is 5.91 Å². The fraction of sp³-hybridized carbons (Fsp3) is 0.636. The second-order valence-electron chi connectivity index (χ2n) is 4.05. The fourth-order valence-corrected chi connectivity index (χ4v) is 1.98. The van der Waals surface area contributed by atoms with E-state index in [0.717, 1.165) is 44.7 Å². The average Bonchev–Trinajstić information content (AvgIpc) is 2.82. The van der Waals surface area contributed by atoms with Gasteiger partial charge < -0.3 is 10.2 Å². The van der Waals surface area contributed by atoms with E-state index in [9.17, 15) is 4.79 Å². The van der Waals surface area contributed by atoms with Crippen molar-refractivity contribution in [3.8, 4) is 0 Å². The lowest BCUT2D eigenvalue weighted by atomic mass is 9.98. The molecule has 0 aromatic carbocycles. The number of hydrogen-bond donors (Lipinski definition) is 1. The monoisotopic (exact) mass is 207 g/mol. The lowest BCUT2D eigenvalue weighted by Gasteiger charge is -2.29. The molecule has 4 heteroatoms. The largest absolute Gasteiger partial charge is 0.336 e. The van der Waals surface area contributed by atoms with Crippen LogP contribution in [0.25, 0.3) is 0 Å². The normalized spacial score (nSPS) is 25.6. The zero-order valence-electron chi connectivity index (χ0n) is 8.91. The molecule has 0 aromatic rings. The van der Waals surface area contributed by atoms with Crippen molar-refractivity contribution in [3.63, 3.8) is 0 Å². The zero-order valence-corrected chi connectivity index (χ0v) is 8.91. The number of carbonyl (C=O) groups excluding carboxylic acids is 1. The Labute approximate surface area is 90.1 Å². The number of carbonyl (C=O) groups is 1. The Morgan fingerprint density at radius 3 is 2.80 bits per heavy atom. The van der Waals surface area contributed by atoms with Crippen molar-refractivity contribution >= 4 is 12.1 Å². The second-order valence-corrected chi connectivity index (χ2v) is 4.05. The minimum absolute atomic E-state index is 0.118. The van der Waals surface area contributed by atoms with Crippen LogP contribution < -0.4 is 5.32 Å². The lowest BCUT2D eigenvalue weighted by Crippen LogP contribution is -2.47. The Kier molecular flexibility index (Phi) is 3.16. The molecule has 1 unspecified atom stereocenters. The first-order chi connectivity index (χ1) is 7.29. The first-order valence-corrected chi connectivity index (χ1v) is 5.46. The SMILES string of the molecule is C=C(C(=O)N1CCNCC1)C1CC=NC1. The van der Waals surface area contributed by atoms with Crippen LogP contribution in [0.3, 0.4) is 0 Å². The summed E-state index contributed by atoms with van der Waals surface area (Å²) < 4.78 is 0. The van der Waals surface area contributed by atoms with Crippen LogP contribution in [0.15, 0.2) is 17.1 Å². The minimum atomic E-state index is 0.118. The number of nitrogens with one attached hydrogen (secondary N) is 1. The molecule has 1 amide bonds. The number of hydrogen-bond acceptors (Lipinski definition) is 3. The van der Waals surface area contributed by atoms with Crippen molar-refractivity contribution in [2.75, 3.05) is 32.7 Å². The summed E-state index contributed by atoms with van der Waals surface area (Å²) in [7, 11) is 0. The third kappa shape index (κ3) is 2.26. The topological polar surface area (TPSA) is 44.7 Å². The summed E-state index contributed by atoms with van der Waals surface area (Å²) in [5.41, 5.74) is 0.731. The van der Waals surface area contributed by atoms with Gasteiger partial charge in [-0.2, -0.15) is 0 Å². The quantitative estimate of drug-likeness (QED) is 0.651. The summed E-state index contributed by atoms with van der Waals surface area (Å²) in [6, 6.07) is 0. The molecule has 2 rings (SSSR count). The predicted molar refractivity (Wildman–Crippen MR) is 60.1 cm³/mol. The van der Waals surface area contributed by atoms with Gasteiger partial charge in [-0.15, -0.1) is 0 Å². The smallest absolute Gasteiger partial charge is 0.249 e. The van der Waals surface area contributed by atoms with Crippen LogP contribution in [0.2, 0.25) is 0 Å². The van der Waals surface area contributed by atoms with Crippen LogP contribution in [-0.4, -0.2) is 49.7 Å². The van der Waals surface area contributed by atoms with Crippen LogP contribution in [0.5, 0.6) is 0 Å². The lowest BCUT2D eigenvalue weighted by molar-refractivity contribution is -0.128. The maximum Gasteiger partial charge on any atom is 0.249 e. The highest BCUT2D eigenvalue weighted by Gasteiger charge is 2.25. The van der Waals surface area contributed by atoms with Gasteiger partial charge in [0, 0.05) is 44.2 Å². The van der Waals surface area contributed by atoms with E-state index in [1.165, 1.54) is 0 Å². The minimum Gasteiger partial charge on any atom is -0.336 e. The molecule has 0 spiro atoms. The summed E-state index contributed by atoms with van der Waals surface area (Å²) in [4.78, 5) is 18.1. The molecule has 15 heavy (non-hydrogen) atoms. The molecule has 2 aliphatic rings. The number of aliphatic imine (C=N–C) groups is 1. The number of piperazine rings is 1. The van der Waals surface area contributed by atoms with E-state index in [1.54, 1.807) is 0 Å². The first kappa shape index (κ1) is 10.4.